The minimum absolute atomic E-state index is 0.0901. The zero-order valence-electron chi connectivity index (χ0n) is 12.7. The van der Waals surface area contributed by atoms with Gasteiger partial charge in [0.15, 0.2) is 0 Å². The van der Waals surface area contributed by atoms with Gasteiger partial charge in [-0.3, -0.25) is 0 Å². The van der Waals surface area contributed by atoms with Gasteiger partial charge in [0.25, 0.3) is 0 Å². The third kappa shape index (κ3) is 2.77. The highest BCUT2D eigenvalue weighted by Gasteiger charge is 2.36. The minimum atomic E-state index is -0.171. The first-order valence-corrected chi connectivity index (χ1v) is 8.17. The Hall–Kier alpha value is -1.56. The van der Waals surface area contributed by atoms with Crippen molar-refractivity contribution in [3.05, 3.63) is 29.6 Å². The molecule has 112 valence electrons. The highest BCUT2D eigenvalue weighted by atomic mass is 19.1. The fourth-order valence-electron chi connectivity index (χ4n) is 4.12. The van der Waals surface area contributed by atoms with Crippen molar-refractivity contribution >= 4 is 5.69 Å². The van der Waals surface area contributed by atoms with Crippen molar-refractivity contribution in [1.29, 1.82) is 5.26 Å². The van der Waals surface area contributed by atoms with Crippen LogP contribution in [-0.4, -0.2) is 12.6 Å². The SMILES string of the molecule is CCCC1CCC(C#N)C(N2CCc3ccc(F)cc32)C1. The summed E-state index contributed by atoms with van der Waals surface area (Å²) in [7, 11) is 0. The van der Waals surface area contributed by atoms with Crippen LogP contribution in [0.4, 0.5) is 10.1 Å². The number of hydrogen-bond donors (Lipinski definition) is 0. The summed E-state index contributed by atoms with van der Waals surface area (Å²) in [5, 5.41) is 9.49. The van der Waals surface area contributed by atoms with Gasteiger partial charge in [0.2, 0.25) is 0 Å². The van der Waals surface area contributed by atoms with Gasteiger partial charge in [-0.2, -0.15) is 5.26 Å². The van der Waals surface area contributed by atoms with Crippen molar-refractivity contribution in [2.45, 2.75) is 51.5 Å². The molecule has 21 heavy (non-hydrogen) atoms. The number of halogens is 1. The lowest BCUT2D eigenvalue weighted by molar-refractivity contribution is 0.255. The van der Waals surface area contributed by atoms with Crippen molar-refractivity contribution in [3.63, 3.8) is 0 Å². The normalized spacial score (nSPS) is 28.2. The summed E-state index contributed by atoms with van der Waals surface area (Å²) in [6, 6.07) is 7.87. The van der Waals surface area contributed by atoms with Crippen molar-refractivity contribution in [2.75, 3.05) is 11.4 Å². The molecule has 3 unspecified atom stereocenters. The topological polar surface area (TPSA) is 27.0 Å². The standard InChI is InChI=1S/C18H23FN2/c1-2-3-13-4-5-15(12-20)17(10-13)21-9-8-14-6-7-16(19)11-18(14)21/h6-7,11,13,15,17H,2-5,8-10H2,1H3. The molecule has 2 nitrogen and oxygen atoms in total. The number of nitriles is 1. The fraction of sp³-hybridized carbons (Fsp3) is 0.611. The average Bonchev–Trinajstić information content (AvgIpc) is 2.90. The second-order valence-electron chi connectivity index (χ2n) is 6.49. The summed E-state index contributed by atoms with van der Waals surface area (Å²) in [6.45, 7) is 3.16. The predicted molar refractivity (Wildman–Crippen MR) is 82.6 cm³/mol. The molecule has 1 aromatic carbocycles. The van der Waals surface area contributed by atoms with E-state index in [1.165, 1.54) is 24.8 Å². The number of anilines is 1. The van der Waals surface area contributed by atoms with Crippen molar-refractivity contribution in [1.82, 2.24) is 0 Å². The maximum absolute atomic E-state index is 13.6. The molecule has 0 N–H and O–H groups in total. The second kappa shape index (κ2) is 6.05. The number of fused-ring (bicyclic) bond motifs is 1. The van der Waals surface area contributed by atoms with E-state index in [-0.39, 0.29) is 17.8 Å². The van der Waals surface area contributed by atoms with Crippen molar-refractivity contribution in [2.24, 2.45) is 11.8 Å². The Balaban J connectivity index is 1.85. The molecule has 1 heterocycles. The van der Waals surface area contributed by atoms with Gasteiger partial charge in [0.05, 0.1) is 12.0 Å². The number of benzene rings is 1. The van der Waals surface area contributed by atoms with Gasteiger partial charge in [0.1, 0.15) is 5.82 Å². The molecule has 1 aromatic rings. The van der Waals surface area contributed by atoms with E-state index in [4.69, 9.17) is 0 Å². The van der Waals surface area contributed by atoms with Crippen LogP contribution in [0.2, 0.25) is 0 Å². The van der Waals surface area contributed by atoms with Crippen LogP contribution in [0.15, 0.2) is 18.2 Å². The van der Waals surface area contributed by atoms with Crippen molar-refractivity contribution in [3.8, 4) is 6.07 Å². The zero-order chi connectivity index (χ0) is 14.8. The third-order valence-electron chi connectivity index (χ3n) is 5.17. The van der Waals surface area contributed by atoms with Crippen LogP contribution in [-0.2, 0) is 6.42 Å². The van der Waals surface area contributed by atoms with Gasteiger partial charge in [-0.25, -0.2) is 4.39 Å². The van der Waals surface area contributed by atoms with Gasteiger partial charge in [-0.1, -0.05) is 25.8 Å². The number of hydrogen-bond acceptors (Lipinski definition) is 2. The maximum Gasteiger partial charge on any atom is 0.125 e. The lowest BCUT2D eigenvalue weighted by Gasteiger charge is -2.40. The quantitative estimate of drug-likeness (QED) is 0.828. The van der Waals surface area contributed by atoms with E-state index in [0.29, 0.717) is 0 Å². The van der Waals surface area contributed by atoms with Crippen LogP contribution in [0.1, 0.15) is 44.6 Å². The molecule has 0 radical (unpaired) electrons. The predicted octanol–water partition coefficient (Wildman–Crippen LogP) is 4.30. The van der Waals surface area contributed by atoms with E-state index in [9.17, 15) is 9.65 Å². The van der Waals surface area contributed by atoms with Gasteiger partial charge < -0.3 is 4.90 Å². The van der Waals surface area contributed by atoms with E-state index in [1.807, 2.05) is 6.07 Å². The lowest BCUT2D eigenvalue weighted by atomic mass is 9.76. The van der Waals surface area contributed by atoms with Crippen LogP contribution in [0, 0.1) is 29.0 Å². The van der Waals surface area contributed by atoms with Crippen molar-refractivity contribution < 1.29 is 4.39 Å². The van der Waals surface area contributed by atoms with Crippen LogP contribution < -0.4 is 4.90 Å². The summed E-state index contributed by atoms with van der Waals surface area (Å²) in [5.41, 5.74) is 2.25. The zero-order valence-corrected chi connectivity index (χ0v) is 12.7. The van der Waals surface area contributed by atoms with Gasteiger partial charge in [-0.05, 0) is 49.3 Å². The van der Waals surface area contributed by atoms with E-state index < -0.39 is 0 Å². The first-order chi connectivity index (χ1) is 10.2. The van der Waals surface area contributed by atoms with Crippen LogP contribution in [0.5, 0.6) is 0 Å². The molecule has 3 atom stereocenters. The average molecular weight is 286 g/mol. The number of nitrogens with zero attached hydrogens (tertiary/aromatic N) is 2. The van der Waals surface area contributed by atoms with Crippen LogP contribution in [0.3, 0.4) is 0 Å². The Morgan fingerprint density at radius 3 is 3.00 bits per heavy atom. The molecule has 0 bridgehead atoms. The smallest absolute Gasteiger partial charge is 0.125 e. The summed E-state index contributed by atoms with van der Waals surface area (Å²) in [4.78, 5) is 2.31. The Kier molecular flexibility index (Phi) is 4.14. The molecular formula is C18H23FN2. The highest BCUT2D eigenvalue weighted by molar-refractivity contribution is 5.59. The van der Waals surface area contributed by atoms with E-state index in [0.717, 1.165) is 37.4 Å². The van der Waals surface area contributed by atoms with Gasteiger partial charge in [0, 0.05) is 18.3 Å². The lowest BCUT2D eigenvalue weighted by Crippen LogP contribution is -2.43. The largest absolute Gasteiger partial charge is 0.367 e. The molecular weight excluding hydrogens is 263 g/mol. The summed E-state index contributed by atoms with van der Waals surface area (Å²) in [5.74, 6) is 0.643. The van der Waals surface area contributed by atoms with E-state index >= 15 is 0 Å². The minimum Gasteiger partial charge on any atom is -0.367 e. The Morgan fingerprint density at radius 1 is 1.38 bits per heavy atom. The monoisotopic (exact) mass is 286 g/mol. The molecule has 0 saturated heterocycles. The molecule has 0 amide bonds. The molecule has 3 rings (SSSR count). The Morgan fingerprint density at radius 2 is 2.24 bits per heavy atom. The first-order valence-electron chi connectivity index (χ1n) is 8.17. The van der Waals surface area contributed by atoms with E-state index in [2.05, 4.69) is 17.9 Å². The third-order valence-corrected chi connectivity index (χ3v) is 5.17. The molecule has 1 fully saturated rings. The molecule has 0 spiro atoms. The highest BCUT2D eigenvalue weighted by Crippen LogP contribution is 2.40. The molecule has 0 aromatic heterocycles. The molecule has 1 aliphatic carbocycles. The molecule has 3 heteroatoms. The van der Waals surface area contributed by atoms with E-state index in [1.54, 1.807) is 12.1 Å². The van der Waals surface area contributed by atoms with Crippen LogP contribution >= 0.6 is 0 Å². The van der Waals surface area contributed by atoms with Gasteiger partial charge >= 0.3 is 0 Å². The molecule has 2 aliphatic rings. The summed E-state index contributed by atoms with van der Waals surface area (Å²) >= 11 is 0. The fourth-order valence-corrected chi connectivity index (χ4v) is 4.12. The van der Waals surface area contributed by atoms with Gasteiger partial charge in [-0.15, -0.1) is 0 Å². The molecule has 1 aliphatic heterocycles. The first kappa shape index (κ1) is 14.4. The Bertz CT molecular complexity index is 549. The Labute approximate surface area is 126 Å². The number of rotatable bonds is 3. The summed E-state index contributed by atoms with van der Waals surface area (Å²) in [6.07, 6.45) is 6.68. The second-order valence-corrected chi connectivity index (χ2v) is 6.49. The summed E-state index contributed by atoms with van der Waals surface area (Å²) < 4.78 is 13.6. The molecule has 1 saturated carbocycles. The maximum atomic E-state index is 13.6. The van der Waals surface area contributed by atoms with Crippen LogP contribution in [0.25, 0.3) is 0 Å².